The van der Waals surface area contributed by atoms with Crippen molar-refractivity contribution in [2.75, 3.05) is 19.8 Å². The smallest absolute Gasteiger partial charge is 0.297 e. The molecule has 0 unspecified atom stereocenters. The molecule has 13 heavy (non-hydrogen) atoms. The summed E-state index contributed by atoms with van der Waals surface area (Å²) in [6.45, 7) is 5.69. The largest absolute Gasteiger partial charge is 0.381 e. The molecule has 0 fully saturated rings. The van der Waals surface area contributed by atoms with Gasteiger partial charge >= 0.3 is 0 Å². The predicted octanol–water partition coefficient (Wildman–Crippen LogP) is 1.12. The van der Waals surface area contributed by atoms with Gasteiger partial charge in [0, 0.05) is 30.4 Å². The number of hydrogen-bond acceptors (Lipinski definition) is 3. The lowest BCUT2D eigenvalue weighted by molar-refractivity contribution is 0.109. The first-order valence-corrected chi connectivity index (χ1v) is 6.49. The summed E-state index contributed by atoms with van der Waals surface area (Å²) in [6, 6.07) is 0. The maximum absolute atomic E-state index is 10.4. The van der Waals surface area contributed by atoms with Crippen LogP contribution in [-0.2, 0) is 14.0 Å². The van der Waals surface area contributed by atoms with Gasteiger partial charge < -0.3 is 4.74 Å². The van der Waals surface area contributed by atoms with Crippen LogP contribution >= 0.6 is 10.7 Å². The summed E-state index contributed by atoms with van der Waals surface area (Å²) in [7, 11) is 1.36. The van der Waals surface area contributed by atoms with E-state index in [-0.39, 0.29) is 0 Å². The van der Waals surface area contributed by atoms with Gasteiger partial charge in [0.25, 0.3) is 9.24 Å². The van der Waals surface area contributed by atoms with Crippen LogP contribution in [0.15, 0.2) is 0 Å². The maximum atomic E-state index is 10.4. The van der Waals surface area contributed by atoms with Gasteiger partial charge in [0.2, 0.25) is 0 Å². The first-order valence-electron chi connectivity index (χ1n) is 4.19. The summed E-state index contributed by atoms with van der Waals surface area (Å²) >= 11 is 0. The molecule has 0 bridgehead atoms. The zero-order valence-electron chi connectivity index (χ0n) is 7.92. The first-order chi connectivity index (χ1) is 5.92. The molecular formula is C7H16ClNO3S. The summed E-state index contributed by atoms with van der Waals surface area (Å²) in [5, 5.41) is 0. The molecule has 4 nitrogen and oxygen atoms in total. The van der Waals surface area contributed by atoms with Crippen LogP contribution in [0.3, 0.4) is 0 Å². The molecule has 0 aliphatic carbocycles. The Morgan fingerprint density at radius 2 is 2.08 bits per heavy atom. The van der Waals surface area contributed by atoms with E-state index < -0.39 is 9.24 Å². The van der Waals surface area contributed by atoms with Gasteiger partial charge in [-0.05, 0) is 12.3 Å². The fourth-order valence-corrected chi connectivity index (χ4v) is 1.31. The van der Waals surface area contributed by atoms with Crippen LogP contribution in [0.2, 0.25) is 0 Å². The first kappa shape index (κ1) is 13.2. The zero-order chi connectivity index (χ0) is 10.3. The van der Waals surface area contributed by atoms with Gasteiger partial charge in [-0.2, -0.15) is 8.42 Å². The highest BCUT2D eigenvalue weighted by Crippen LogP contribution is 1.94. The summed E-state index contributed by atoms with van der Waals surface area (Å²) in [6.07, 6.45) is 0.638. The van der Waals surface area contributed by atoms with Crippen LogP contribution in [0.1, 0.15) is 20.3 Å². The molecule has 0 spiro atoms. The van der Waals surface area contributed by atoms with Crippen molar-refractivity contribution in [3.63, 3.8) is 0 Å². The number of ether oxygens (including phenoxy) is 1. The molecule has 0 aromatic carbocycles. The van der Waals surface area contributed by atoms with Crippen molar-refractivity contribution in [2.24, 2.45) is 5.92 Å². The fraction of sp³-hybridized carbons (Fsp3) is 1.00. The summed E-state index contributed by atoms with van der Waals surface area (Å²) in [5.41, 5.74) is 0. The van der Waals surface area contributed by atoms with E-state index in [0.29, 0.717) is 32.1 Å². The van der Waals surface area contributed by atoms with E-state index in [1.54, 1.807) is 0 Å². The molecule has 80 valence electrons. The second-order valence-corrected chi connectivity index (χ2v) is 5.54. The Morgan fingerprint density at radius 3 is 2.54 bits per heavy atom. The van der Waals surface area contributed by atoms with Crippen LogP contribution in [0.5, 0.6) is 0 Å². The average molecular weight is 230 g/mol. The molecule has 0 aromatic heterocycles. The number of hydrogen-bond donors (Lipinski definition) is 1. The second kappa shape index (κ2) is 6.59. The standard InChI is InChI=1S/C7H16ClNO3S/c1-7(2)6-12-5-3-4-9-13(8,10)11/h7,9H,3-6H2,1-2H3. The van der Waals surface area contributed by atoms with Crippen molar-refractivity contribution >= 4 is 19.9 Å². The molecule has 0 aliphatic heterocycles. The third-order valence-corrected chi connectivity index (χ3v) is 2.07. The normalized spacial score (nSPS) is 12.3. The number of nitrogens with one attached hydrogen (secondary N) is 1. The highest BCUT2D eigenvalue weighted by Gasteiger charge is 2.01. The minimum Gasteiger partial charge on any atom is -0.381 e. The van der Waals surface area contributed by atoms with Crippen molar-refractivity contribution in [3.8, 4) is 0 Å². The van der Waals surface area contributed by atoms with Crippen molar-refractivity contribution < 1.29 is 13.2 Å². The quantitative estimate of drug-likeness (QED) is 0.526. The minimum atomic E-state index is -3.56. The van der Waals surface area contributed by atoms with Crippen molar-refractivity contribution in [1.82, 2.24) is 4.72 Å². The SMILES string of the molecule is CC(C)COCCCNS(=O)(=O)Cl. The monoisotopic (exact) mass is 229 g/mol. The highest BCUT2D eigenvalue weighted by atomic mass is 35.7. The molecular weight excluding hydrogens is 214 g/mol. The highest BCUT2D eigenvalue weighted by molar-refractivity contribution is 8.12. The molecule has 0 saturated carbocycles. The second-order valence-electron chi connectivity index (χ2n) is 3.15. The molecule has 0 atom stereocenters. The lowest BCUT2D eigenvalue weighted by atomic mass is 10.2. The van der Waals surface area contributed by atoms with E-state index in [4.69, 9.17) is 15.4 Å². The van der Waals surface area contributed by atoms with Gasteiger partial charge in [-0.3, -0.25) is 0 Å². The molecule has 1 N–H and O–H groups in total. The Kier molecular flexibility index (Phi) is 6.67. The van der Waals surface area contributed by atoms with Gasteiger partial charge in [0.15, 0.2) is 0 Å². The Morgan fingerprint density at radius 1 is 1.46 bits per heavy atom. The molecule has 0 rings (SSSR count). The topological polar surface area (TPSA) is 55.4 Å². The Bertz CT molecular complexity index is 216. The number of rotatable bonds is 7. The van der Waals surface area contributed by atoms with Gasteiger partial charge in [-0.15, -0.1) is 0 Å². The molecule has 0 amide bonds. The van der Waals surface area contributed by atoms with Crippen molar-refractivity contribution in [1.29, 1.82) is 0 Å². The van der Waals surface area contributed by atoms with Gasteiger partial charge in [0.1, 0.15) is 0 Å². The zero-order valence-corrected chi connectivity index (χ0v) is 9.49. The van der Waals surface area contributed by atoms with Crippen LogP contribution in [0, 0.1) is 5.92 Å². The van der Waals surface area contributed by atoms with Gasteiger partial charge in [-0.1, -0.05) is 13.8 Å². The van der Waals surface area contributed by atoms with Crippen LogP contribution in [-0.4, -0.2) is 28.2 Å². The maximum Gasteiger partial charge on any atom is 0.297 e. The molecule has 0 aliphatic rings. The van der Waals surface area contributed by atoms with Crippen LogP contribution < -0.4 is 4.72 Å². The van der Waals surface area contributed by atoms with Crippen LogP contribution in [0.4, 0.5) is 0 Å². The summed E-state index contributed by atoms with van der Waals surface area (Å²) < 4.78 is 28.2. The number of halogens is 1. The Hall–Kier alpha value is 0.160. The molecule has 0 radical (unpaired) electrons. The lowest BCUT2D eigenvalue weighted by Crippen LogP contribution is -2.20. The van der Waals surface area contributed by atoms with E-state index in [9.17, 15) is 8.42 Å². The molecule has 6 heteroatoms. The lowest BCUT2D eigenvalue weighted by Gasteiger charge is -2.06. The average Bonchev–Trinajstić information content (AvgIpc) is 1.93. The fourth-order valence-electron chi connectivity index (χ4n) is 0.687. The van der Waals surface area contributed by atoms with E-state index >= 15 is 0 Å². The Balaban J connectivity index is 3.18. The van der Waals surface area contributed by atoms with E-state index in [0.717, 1.165) is 0 Å². The minimum absolute atomic E-state index is 0.323. The molecule has 0 aromatic rings. The third-order valence-electron chi connectivity index (χ3n) is 1.19. The third kappa shape index (κ3) is 12.2. The van der Waals surface area contributed by atoms with E-state index in [1.807, 2.05) is 0 Å². The van der Waals surface area contributed by atoms with Gasteiger partial charge in [-0.25, -0.2) is 4.72 Å². The van der Waals surface area contributed by atoms with Crippen molar-refractivity contribution in [2.45, 2.75) is 20.3 Å². The van der Waals surface area contributed by atoms with E-state index in [2.05, 4.69) is 18.6 Å². The Labute approximate surface area is 84.2 Å². The predicted molar refractivity (Wildman–Crippen MR) is 53.0 cm³/mol. The summed E-state index contributed by atoms with van der Waals surface area (Å²) in [4.78, 5) is 0. The summed E-state index contributed by atoms with van der Waals surface area (Å²) in [5.74, 6) is 0.504. The van der Waals surface area contributed by atoms with Gasteiger partial charge in [0.05, 0.1) is 0 Å². The van der Waals surface area contributed by atoms with Crippen LogP contribution in [0.25, 0.3) is 0 Å². The molecule has 0 saturated heterocycles. The molecule has 0 heterocycles. The van der Waals surface area contributed by atoms with Crippen molar-refractivity contribution in [3.05, 3.63) is 0 Å². The van der Waals surface area contributed by atoms with E-state index in [1.165, 1.54) is 0 Å².